The highest BCUT2D eigenvalue weighted by Crippen LogP contribution is 2.18. The fraction of sp³-hybridized carbons (Fsp3) is 0.350. The Morgan fingerprint density at radius 3 is 2.54 bits per heavy atom. The molecule has 0 radical (unpaired) electrons. The van der Waals surface area contributed by atoms with Crippen LogP contribution in [0.4, 0.5) is 0 Å². The van der Waals surface area contributed by atoms with E-state index < -0.39 is 5.24 Å². The highest BCUT2D eigenvalue weighted by atomic mass is 35.5. The van der Waals surface area contributed by atoms with Crippen molar-refractivity contribution >= 4 is 16.8 Å². The molecule has 1 fully saturated rings. The Labute approximate surface area is 158 Å². The monoisotopic (exact) mass is 375 g/mol. The smallest absolute Gasteiger partial charge is 0.252 e. The first-order valence-corrected chi connectivity index (χ1v) is 9.03. The highest BCUT2D eigenvalue weighted by Gasteiger charge is 2.09. The Morgan fingerprint density at radius 1 is 1.04 bits per heavy atom. The summed E-state index contributed by atoms with van der Waals surface area (Å²) in [6.07, 6.45) is 0. The Morgan fingerprint density at radius 2 is 1.81 bits per heavy atom. The largest absolute Gasteiger partial charge is 0.492 e. The van der Waals surface area contributed by atoms with Gasteiger partial charge in [0.15, 0.2) is 0 Å². The first-order chi connectivity index (χ1) is 12.7. The number of nitrogens with zero attached hydrogens (tertiary/aromatic N) is 1. The zero-order valence-corrected chi connectivity index (χ0v) is 15.3. The maximum absolute atomic E-state index is 11.1. The molecule has 138 valence electrons. The lowest BCUT2D eigenvalue weighted by atomic mass is 10.2. The van der Waals surface area contributed by atoms with Crippen LogP contribution >= 0.6 is 11.6 Å². The van der Waals surface area contributed by atoms with Crippen LogP contribution in [-0.4, -0.2) is 49.6 Å². The lowest BCUT2D eigenvalue weighted by molar-refractivity contribution is 0.0322. The second-order valence-electron chi connectivity index (χ2n) is 6.04. The number of benzene rings is 2. The van der Waals surface area contributed by atoms with E-state index >= 15 is 0 Å². The summed E-state index contributed by atoms with van der Waals surface area (Å²) in [5.74, 6) is 1.52. The second-order valence-corrected chi connectivity index (χ2v) is 6.38. The summed E-state index contributed by atoms with van der Waals surface area (Å²) in [7, 11) is 0. The molecule has 0 bridgehead atoms. The van der Waals surface area contributed by atoms with E-state index in [1.807, 2.05) is 24.3 Å². The van der Waals surface area contributed by atoms with Crippen molar-refractivity contribution in [1.29, 1.82) is 0 Å². The van der Waals surface area contributed by atoms with Gasteiger partial charge in [-0.25, -0.2) is 0 Å². The van der Waals surface area contributed by atoms with Crippen LogP contribution in [0.1, 0.15) is 15.9 Å². The van der Waals surface area contributed by atoms with Crippen molar-refractivity contribution in [2.75, 3.05) is 39.5 Å². The molecular weight excluding hydrogens is 354 g/mol. The molecule has 2 aromatic rings. The SMILES string of the molecule is O=C(Cl)c1ccc(OCc2cccc(OCCN3CCOCC3)c2)cc1. The third-order valence-corrected chi connectivity index (χ3v) is 4.38. The third kappa shape index (κ3) is 5.73. The van der Waals surface area contributed by atoms with Gasteiger partial charge >= 0.3 is 0 Å². The standard InChI is InChI=1S/C20H22ClNO4/c21-20(23)17-4-6-18(7-5-17)26-15-16-2-1-3-19(14-16)25-13-10-22-8-11-24-12-9-22/h1-7,14H,8-13,15H2. The minimum atomic E-state index is -0.474. The summed E-state index contributed by atoms with van der Waals surface area (Å²) in [5, 5.41) is -0.474. The van der Waals surface area contributed by atoms with Crippen molar-refractivity contribution in [2.24, 2.45) is 0 Å². The minimum absolute atomic E-state index is 0.425. The van der Waals surface area contributed by atoms with Gasteiger partial charge in [0.2, 0.25) is 0 Å². The average Bonchev–Trinajstić information content (AvgIpc) is 2.68. The molecular formula is C20H22ClNO4. The third-order valence-electron chi connectivity index (χ3n) is 4.17. The molecule has 1 aliphatic rings. The van der Waals surface area contributed by atoms with Crippen molar-refractivity contribution in [2.45, 2.75) is 6.61 Å². The van der Waals surface area contributed by atoms with Crippen LogP contribution in [0.15, 0.2) is 48.5 Å². The number of hydrogen-bond donors (Lipinski definition) is 0. The van der Waals surface area contributed by atoms with E-state index in [4.69, 9.17) is 25.8 Å². The lowest BCUT2D eigenvalue weighted by Gasteiger charge is -2.26. The van der Waals surface area contributed by atoms with Crippen LogP contribution in [0.3, 0.4) is 0 Å². The Balaban J connectivity index is 1.46. The number of rotatable bonds is 8. The molecule has 0 spiro atoms. The summed E-state index contributed by atoms with van der Waals surface area (Å²) >= 11 is 5.43. The van der Waals surface area contributed by atoms with Gasteiger partial charge in [-0.3, -0.25) is 9.69 Å². The van der Waals surface area contributed by atoms with Gasteiger partial charge in [0.1, 0.15) is 24.7 Å². The fourth-order valence-electron chi connectivity index (χ4n) is 2.69. The summed E-state index contributed by atoms with van der Waals surface area (Å²) in [6.45, 7) is 5.50. The van der Waals surface area contributed by atoms with Gasteiger partial charge in [0.05, 0.1) is 13.2 Å². The van der Waals surface area contributed by atoms with Crippen molar-refractivity contribution in [3.8, 4) is 11.5 Å². The molecule has 3 rings (SSSR count). The van der Waals surface area contributed by atoms with E-state index in [1.165, 1.54) is 0 Å². The first-order valence-electron chi connectivity index (χ1n) is 8.65. The summed E-state index contributed by atoms with van der Waals surface area (Å²) in [4.78, 5) is 13.4. The van der Waals surface area contributed by atoms with Gasteiger partial charge in [0.25, 0.3) is 5.24 Å². The molecule has 1 aliphatic heterocycles. The Hall–Kier alpha value is -2.08. The molecule has 1 heterocycles. The predicted molar refractivity (Wildman–Crippen MR) is 100 cm³/mol. The van der Waals surface area contributed by atoms with E-state index in [9.17, 15) is 4.79 Å². The summed E-state index contributed by atoms with van der Waals surface area (Å²) < 4.78 is 16.9. The molecule has 0 aliphatic carbocycles. The predicted octanol–water partition coefficient (Wildman–Crippen LogP) is 3.36. The number of halogens is 1. The highest BCUT2D eigenvalue weighted by molar-refractivity contribution is 6.67. The van der Waals surface area contributed by atoms with Crippen LogP contribution in [0.25, 0.3) is 0 Å². The summed E-state index contributed by atoms with van der Waals surface area (Å²) in [6, 6.07) is 14.6. The second kappa shape index (κ2) is 9.57. The number of ether oxygens (including phenoxy) is 3. The van der Waals surface area contributed by atoms with Gasteiger partial charge < -0.3 is 14.2 Å². The molecule has 0 atom stereocenters. The molecule has 0 N–H and O–H groups in total. The van der Waals surface area contributed by atoms with Gasteiger partial charge in [-0.05, 0) is 53.6 Å². The maximum atomic E-state index is 11.1. The number of morpholine rings is 1. The number of carbonyl (C=O) groups is 1. The molecule has 2 aromatic carbocycles. The topological polar surface area (TPSA) is 48.0 Å². The minimum Gasteiger partial charge on any atom is -0.492 e. The van der Waals surface area contributed by atoms with E-state index in [1.54, 1.807) is 24.3 Å². The van der Waals surface area contributed by atoms with Crippen molar-refractivity contribution in [3.05, 3.63) is 59.7 Å². The van der Waals surface area contributed by atoms with Crippen LogP contribution in [-0.2, 0) is 11.3 Å². The molecule has 0 aromatic heterocycles. The number of carbonyl (C=O) groups excluding carboxylic acids is 1. The van der Waals surface area contributed by atoms with E-state index in [2.05, 4.69) is 4.90 Å². The Kier molecular flexibility index (Phi) is 6.89. The fourth-order valence-corrected chi connectivity index (χ4v) is 2.82. The molecule has 6 heteroatoms. The van der Waals surface area contributed by atoms with Gasteiger partial charge in [-0.15, -0.1) is 0 Å². The molecule has 0 saturated carbocycles. The van der Waals surface area contributed by atoms with Gasteiger partial charge in [-0.1, -0.05) is 12.1 Å². The first kappa shape index (κ1) is 18.7. The Bertz CT molecular complexity index is 714. The molecule has 26 heavy (non-hydrogen) atoms. The van der Waals surface area contributed by atoms with E-state index in [0.717, 1.165) is 44.2 Å². The molecule has 0 amide bonds. The molecule has 1 saturated heterocycles. The zero-order valence-electron chi connectivity index (χ0n) is 14.5. The van der Waals surface area contributed by atoms with Crippen LogP contribution in [0.2, 0.25) is 0 Å². The van der Waals surface area contributed by atoms with Crippen LogP contribution in [0.5, 0.6) is 11.5 Å². The maximum Gasteiger partial charge on any atom is 0.252 e. The van der Waals surface area contributed by atoms with E-state index in [0.29, 0.717) is 24.5 Å². The van der Waals surface area contributed by atoms with E-state index in [-0.39, 0.29) is 0 Å². The van der Waals surface area contributed by atoms with Crippen molar-refractivity contribution in [1.82, 2.24) is 4.90 Å². The lowest BCUT2D eigenvalue weighted by Crippen LogP contribution is -2.38. The normalized spacial score (nSPS) is 14.8. The van der Waals surface area contributed by atoms with Gasteiger partial charge in [0, 0.05) is 25.2 Å². The van der Waals surface area contributed by atoms with Crippen LogP contribution < -0.4 is 9.47 Å². The van der Waals surface area contributed by atoms with Crippen molar-refractivity contribution in [3.63, 3.8) is 0 Å². The van der Waals surface area contributed by atoms with Crippen LogP contribution in [0, 0.1) is 0 Å². The average molecular weight is 376 g/mol. The summed E-state index contributed by atoms with van der Waals surface area (Å²) in [5.41, 5.74) is 1.47. The molecule has 0 unspecified atom stereocenters. The van der Waals surface area contributed by atoms with Crippen molar-refractivity contribution < 1.29 is 19.0 Å². The quantitative estimate of drug-likeness (QED) is 0.662. The van der Waals surface area contributed by atoms with Gasteiger partial charge in [-0.2, -0.15) is 0 Å². The number of hydrogen-bond acceptors (Lipinski definition) is 5. The zero-order chi connectivity index (χ0) is 18.2. The molecule has 5 nitrogen and oxygen atoms in total.